The number of aromatic amines is 1. The van der Waals surface area contributed by atoms with Gasteiger partial charge in [0.2, 0.25) is 5.91 Å². The standard InChI is InChI=1S/C16H26N4O2/c1-12-7-15(19-18-12)14-3-2-5-20(9-14)10-16(21)17-8-13-4-6-22-11-13/h7,13-14H,2-6,8-11H2,1H3,(H,17,21)(H,18,19). The number of nitrogens with one attached hydrogen (secondary N) is 2. The van der Waals surface area contributed by atoms with Crippen LogP contribution in [-0.2, 0) is 9.53 Å². The zero-order valence-corrected chi connectivity index (χ0v) is 13.3. The quantitative estimate of drug-likeness (QED) is 0.853. The third-order valence-corrected chi connectivity index (χ3v) is 4.63. The van der Waals surface area contributed by atoms with E-state index < -0.39 is 0 Å². The lowest BCUT2D eigenvalue weighted by Gasteiger charge is -2.31. The van der Waals surface area contributed by atoms with Crippen molar-refractivity contribution in [2.24, 2.45) is 5.92 Å². The zero-order valence-electron chi connectivity index (χ0n) is 13.3. The van der Waals surface area contributed by atoms with Gasteiger partial charge in [-0.25, -0.2) is 0 Å². The van der Waals surface area contributed by atoms with Crippen molar-refractivity contribution in [1.29, 1.82) is 0 Å². The van der Waals surface area contributed by atoms with Gasteiger partial charge >= 0.3 is 0 Å². The van der Waals surface area contributed by atoms with E-state index in [-0.39, 0.29) is 5.91 Å². The van der Waals surface area contributed by atoms with Gasteiger partial charge in [-0.3, -0.25) is 14.8 Å². The summed E-state index contributed by atoms with van der Waals surface area (Å²) >= 11 is 0. The molecule has 0 aromatic carbocycles. The number of ether oxygens (including phenoxy) is 1. The minimum Gasteiger partial charge on any atom is -0.381 e. The smallest absolute Gasteiger partial charge is 0.234 e. The molecule has 2 aliphatic rings. The van der Waals surface area contributed by atoms with Crippen LogP contribution in [0.4, 0.5) is 0 Å². The normalized spacial score (nSPS) is 26.2. The highest BCUT2D eigenvalue weighted by Crippen LogP contribution is 2.25. The SMILES string of the molecule is Cc1cc(C2CCCN(CC(=O)NCC3CCOC3)C2)n[nH]1. The molecule has 0 spiro atoms. The van der Waals surface area contributed by atoms with Crippen LogP contribution in [0.25, 0.3) is 0 Å². The molecule has 1 aromatic heterocycles. The first-order valence-electron chi connectivity index (χ1n) is 8.29. The Morgan fingerprint density at radius 3 is 3.18 bits per heavy atom. The van der Waals surface area contributed by atoms with Crippen molar-refractivity contribution in [2.45, 2.75) is 32.1 Å². The predicted octanol–water partition coefficient (Wildman–Crippen LogP) is 1.05. The summed E-state index contributed by atoms with van der Waals surface area (Å²) < 4.78 is 5.33. The van der Waals surface area contributed by atoms with Gasteiger partial charge in [0.05, 0.1) is 18.8 Å². The van der Waals surface area contributed by atoms with Crippen LogP contribution in [0, 0.1) is 12.8 Å². The maximum atomic E-state index is 12.1. The van der Waals surface area contributed by atoms with Crippen LogP contribution in [0.5, 0.6) is 0 Å². The molecule has 2 atom stereocenters. The lowest BCUT2D eigenvalue weighted by Crippen LogP contribution is -2.43. The Bertz CT molecular complexity index is 496. The minimum atomic E-state index is 0.130. The monoisotopic (exact) mass is 306 g/mol. The molecule has 0 bridgehead atoms. The van der Waals surface area contributed by atoms with Crippen molar-refractivity contribution in [3.8, 4) is 0 Å². The van der Waals surface area contributed by atoms with Gasteiger partial charge in [0.25, 0.3) is 0 Å². The summed E-state index contributed by atoms with van der Waals surface area (Å²) in [7, 11) is 0. The fraction of sp³-hybridized carbons (Fsp3) is 0.750. The average molecular weight is 306 g/mol. The number of nitrogens with zero attached hydrogens (tertiary/aromatic N) is 2. The van der Waals surface area contributed by atoms with E-state index in [2.05, 4.69) is 26.5 Å². The number of carbonyl (C=O) groups excluding carboxylic acids is 1. The molecule has 122 valence electrons. The van der Waals surface area contributed by atoms with Crippen LogP contribution < -0.4 is 5.32 Å². The number of rotatable bonds is 5. The van der Waals surface area contributed by atoms with Gasteiger partial charge in [0.1, 0.15) is 0 Å². The second-order valence-electron chi connectivity index (χ2n) is 6.58. The highest BCUT2D eigenvalue weighted by atomic mass is 16.5. The van der Waals surface area contributed by atoms with Crippen molar-refractivity contribution in [3.63, 3.8) is 0 Å². The predicted molar refractivity (Wildman–Crippen MR) is 83.7 cm³/mol. The van der Waals surface area contributed by atoms with Crippen molar-refractivity contribution in [2.75, 3.05) is 39.4 Å². The first-order valence-corrected chi connectivity index (χ1v) is 8.29. The molecule has 1 aromatic rings. The van der Waals surface area contributed by atoms with Gasteiger partial charge in [-0.05, 0) is 38.8 Å². The molecule has 3 heterocycles. The maximum Gasteiger partial charge on any atom is 0.234 e. The number of carbonyl (C=O) groups is 1. The zero-order chi connectivity index (χ0) is 15.4. The molecule has 3 rings (SSSR count). The number of piperidine rings is 1. The third-order valence-electron chi connectivity index (χ3n) is 4.63. The molecule has 6 heteroatoms. The molecule has 1 amide bonds. The van der Waals surface area contributed by atoms with E-state index in [1.165, 1.54) is 0 Å². The summed E-state index contributed by atoms with van der Waals surface area (Å²) in [5, 5.41) is 10.4. The molecule has 2 fully saturated rings. The molecule has 2 saturated heterocycles. The summed E-state index contributed by atoms with van der Waals surface area (Å²) in [6.07, 6.45) is 3.34. The first kappa shape index (κ1) is 15.5. The van der Waals surface area contributed by atoms with Crippen molar-refractivity contribution in [3.05, 3.63) is 17.5 Å². The molecule has 2 N–H and O–H groups in total. The van der Waals surface area contributed by atoms with Crippen molar-refractivity contribution >= 4 is 5.91 Å². The highest BCUT2D eigenvalue weighted by Gasteiger charge is 2.24. The summed E-state index contributed by atoms with van der Waals surface area (Å²) in [6.45, 7) is 6.80. The van der Waals surface area contributed by atoms with Gasteiger partial charge in [-0.2, -0.15) is 5.10 Å². The maximum absolute atomic E-state index is 12.1. The van der Waals surface area contributed by atoms with E-state index in [0.717, 1.165) is 63.5 Å². The second-order valence-corrected chi connectivity index (χ2v) is 6.58. The van der Waals surface area contributed by atoms with Crippen LogP contribution in [0.15, 0.2) is 6.07 Å². The number of aromatic nitrogens is 2. The van der Waals surface area contributed by atoms with Crippen LogP contribution in [0.3, 0.4) is 0 Å². The molecule has 2 aliphatic heterocycles. The molecule has 6 nitrogen and oxygen atoms in total. The Balaban J connectivity index is 1.44. The lowest BCUT2D eigenvalue weighted by molar-refractivity contribution is -0.122. The minimum absolute atomic E-state index is 0.130. The van der Waals surface area contributed by atoms with E-state index in [0.29, 0.717) is 18.4 Å². The Labute approximate surface area is 131 Å². The summed E-state index contributed by atoms with van der Waals surface area (Å²) in [5.41, 5.74) is 2.23. The Hall–Kier alpha value is -1.40. The van der Waals surface area contributed by atoms with E-state index in [9.17, 15) is 4.79 Å². The molecule has 0 aliphatic carbocycles. The van der Waals surface area contributed by atoms with E-state index in [4.69, 9.17) is 4.74 Å². The highest BCUT2D eigenvalue weighted by molar-refractivity contribution is 5.78. The number of hydrogen-bond donors (Lipinski definition) is 2. The van der Waals surface area contributed by atoms with Crippen molar-refractivity contribution in [1.82, 2.24) is 20.4 Å². The van der Waals surface area contributed by atoms with Crippen LogP contribution >= 0.6 is 0 Å². The lowest BCUT2D eigenvalue weighted by atomic mass is 9.94. The number of hydrogen-bond acceptors (Lipinski definition) is 4. The summed E-state index contributed by atoms with van der Waals surface area (Å²) in [5.74, 6) is 1.06. The van der Waals surface area contributed by atoms with Gasteiger partial charge in [-0.1, -0.05) is 0 Å². The van der Waals surface area contributed by atoms with E-state index >= 15 is 0 Å². The Morgan fingerprint density at radius 1 is 1.55 bits per heavy atom. The van der Waals surface area contributed by atoms with Crippen LogP contribution in [0.2, 0.25) is 0 Å². The molecule has 22 heavy (non-hydrogen) atoms. The van der Waals surface area contributed by atoms with Gasteiger partial charge in [-0.15, -0.1) is 0 Å². The summed E-state index contributed by atoms with van der Waals surface area (Å²) in [6, 6.07) is 2.12. The largest absolute Gasteiger partial charge is 0.381 e. The number of likely N-dealkylation sites (tertiary alicyclic amines) is 1. The third kappa shape index (κ3) is 4.08. The number of aryl methyl sites for hydroxylation is 1. The fourth-order valence-corrected chi connectivity index (χ4v) is 3.35. The molecule has 2 unspecified atom stereocenters. The molecular formula is C16H26N4O2. The van der Waals surface area contributed by atoms with E-state index in [1.54, 1.807) is 0 Å². The topological polar surface area (TPSA) is 70.2 Å². The van der Waals surface area contributed by atoms with Crippen molar-refractivity contribution < 1.29 is 9.53 Å². The molecule has 0 radical (unpaired) electrons. The Morgan fingerprint density at radius 2 is 2.45 bits per heavy atom. The summed E-state index contributed by atoms with van der Waals surface area (Å²) in [4.78, 5) is 14.3. The van der Waals surface area contributed by atoms with Gasteiger partial charge < -0.3 is 10.1 Å². The fourth-order valence-electron chi connectivity index (χ4n) is 3.35. The van der Waals surface area contributed by atoms with Gasteiger partial charge in [0.15, 0.2) is 0 Å². The number of H-pyrrole nitrogens is 1. The Kier molecular flexibility index (Phi) is 5.10. The molecule has 0 saturated carbocycles. The first-order chi connectivity index (χ1) is 10.7. The van der Waals surface area contributed by atoms with E-state index in [1.807, 2.05) is 6.92 Å². The van der Waals surface area contributed by atoms with Crippen LogP contribution in [-0.4, -0.2) is 60.4 Å². The molecular weight excluding hydrogens is 280 g/mol. The average Bonchev–Trinajstić information content (AvgIpc) is 3.17. The second kappa shape index (κ2) is 7.24. The number of amides is 1. The van der Waals surface area contributed by atoms with Gasteiger partial charge in [0, 0.05) is 37.2 Å². The van der Waals surface area contributed by atoms with Crippen LogP contribution in [0.1, 0.15) is 36.6 Å².